The molecule has 0 fully saturated rings. The van der Waals surface area contributed by atoms with Gasteiger partial charge in [0.2, 0.25) is 0 Å². The van der Waals surface area contributed by atoms with Crippen molar-refractivity contribution in [1.82, 2.24) is 10.6 Å². The highest BCUT2D eigenvalue weighted by Gasteiger charge is 2.30. The van der Waals surface area contributed by atoms with Crippen molar-refractivity contribution < 1.29 is 26.4 Å². The summed E-state index contributed by atoms with van der Waals surface area (Å²) in [6.07, 6.45) is 9.69. The highest BCUT2D eigenvalue weighted by atomic mass is 35.5. The van der Waals surface area contributed by atoms with Gasteiger partial charge in [-0.25, -0.2) is 8.42 Å². The summed E-state index contributed by atoms with van der Waals surface area (Å²) in [7, 11) is -3.20. The van der Waals surface area contributed by atoms with Crippen molar-refractivity contribution in [3.63, 3.8) is 0 Å². The molecule has 0 heterocycles. The van der Waals surface area contributed by atoms with Crippen LogP contribution in [-0.2, 0) is 22.4 Å². The molecule has 0 aliphatic heterocycles. The molecule has 0 radical (unpaired) electrons. The van der Waals surface area contributed by atoms with Crippen molar-refractivity contribution >= 4 is 27.3 Å². The average molecular weight is 647 g/mol. The van der Waals surface area contributed by atoms with Crippen LogP contribution in [0.2, 0.25) is 0 Å². The van der Waals surface area contributed by atoms with Gasteiger partial charge in [-0.15, -0.1) is 11.6 Å². The number of benzene rings is 2. The Labute approximate surface area is 263 Å². The maximum absolute atomic E-state index is 13.3. The van der Waals surface area contributed by atoms with E-state index < -0.39 is 27.5 Å². The lowest BCUT2D eigenvalue weighted by molar-refractivity contribution is -0.137. The van der Waals surface area contributed by atoms with Crippen molar-refractivity contribution in [3.8, 4) is 0 Å². The number of alkyl halides is 4. The molecule has 0 spiro atoms. The van der Waals surface area contributed by atoms with E-state index >= 15 is 0 Å². The molecule has 236 valence electrons. The first-order valence-electron chi connectivity index (χ1n) is 14.3. The highest BCUT2D eigenvalue weighted by molar-refractivity contribution is 7.90. The summed E-state index contributed by atoms with van der Waals surface area (Å²) < 4.78 is 62.4. The van der Waals surface area contributed by atoms with E-state index in [-0.39, 0.29) is 18.2 Å². The molecule has 2 aromatic rings. The average Bonchev–Trinajstić information content (AvgIpc) is 2.97. The lowest BCUT2D eigenvalue weighted by Crippen LogP contribution is -2.28. The van der Waals surface area contributed by atoms with Crippen LogP contribution < -0.4 is 10.6 Å². The zero-order chi connectivity index (χ0) is 32.3. The molecule has 5 nitrogen and oxygen atoms in total. The minimum Gasteiger partial charge on any atom is -0.362 e. The zero-order valence-electron chi connectivity index (χ0n) is 24.9. The maximum atomic E-state index is 13.3. The molecular formula is C34H38ClF3N2O3S. The van der Waals surface area contributed by atoms with E-state index in [2.05, 4.69) is 36.3 Å². The standard InChI is InChI=1S/C34H38ClF3N2O3S/c1-4-6-26(7-5-20-35)27-14-18-31(19-15-27)40-24(2)32(28-12-16-30(17-13-28)34(36,37)38)23-25-8-10-29(11-9-25)33(41)39-21-22-44(3,42)43/h5-14,16-18,32,40H,2,4,15,19-23H2,1,3H3,(H,39,41)/b7-5-,26-6+. The summed E-state index contributed by atoms with van der Waals surface area (Å²) in [6, 6.07) is 11.9. The van der Waals surface area contributed by atoms with Crippen LogP contribution in [0.25, 0.3) is 0 Å². The molecule has 1 unspecified atom stereocenters. The van der Waals surface area contributed by atoms with Crippen molar-refractivity contribution in [3.05, 3.63) is 130 Å². The molecule has 3 rings (SSSR count). The first-order chi connectivity index (χ1) is 20.8. The van der Waals surface area contributed by atoms with Crippen LogP contribution >= 0.6 is 11.6 Å². The monoisotopic (exact) mass is 646 g/mol. The number of carbonyl (C=O) groups is 1. The second kappa shape index (κ2) is 16.0. The van der Waals surface area contributed by atoms with Gasteiger partial charge in [0.25, 0.3) is 5.91 Å². The number of amides is 1. The predicted molar refractivity (Wildman–Crippen MR) is 172 cm³/mol. The first kappa shape index (κ1) is 34.9. The summed E-state index contributed by atoms with van der Waals surface area (Å²) in [6.45, 7) is 6.36. The Morgan fingerprint density at radius 2 is 1.75 bits per heavy atom. The highest BCUT2D eigenvalue weighted by Crippen LogP contribution is 2.33. The Morgan fingerprint density at radius 3 is 2.30 bits per heavy atom. The Bertz CT molecular complexity index is 1540. The summed E-state index contributed by atoms with van der Waals surface area (Å²) in [5.74, 6) is -0.475. The van der Waals surface area contributed by atoms with Gasteiger partial charge in [-0.2, -0.15) is 13.2 Å². The molecule has 0 saturated carbocycles. The van der Waals surface area contributed by atoms with E-state index in [9.17, 15) is 26.4 Å². The van der Waals surface area contributed by atoms with Gasteiger partial charge in [-0.05, 0) is 78.3 Å². The Morgan fingerprint density at radius 1 is 1.07 bits per heavy atom. The van der Waals surface area contributed by atoms with Gasteiger partial charge >= 0.3 is 6.18 Å². The van der Waals surface area contributed by atoms with Crippen molar-refractivity contribution in [2.75, 3.05) is 24.4 Å². The third kappa shape index (κ3) is 10.9. The molecule has 44 heavy (non-hydrogen) atoms. The van der Waals surface area contributed by atoms with Crippen LogP contribution in [-0.4, -0.2) is 38.8 Å². The number of hydrogen-bond acceptors (Lipinski definition) is 4. The van der Waals surface area contributed by atoms with E-state index in [0.29, 0.717) is 29.1 Å². The van der Waals surface area contributed by atoms with Crippen LogP contribution in [0, 0.1) is 0 Å². The van der Waals surface area contributed by atoms with E-state index in [1.165, 1.54) is 17.7 Å². The van der Waals surface area contributed by atoms with E-state index in [1.807, 2.05) is 18.2 Å². The van der Waals surface area contributed by atoms with Gasteiger partial charge < -0.3 is 10.6 Å². The van der Waals surface area contributed by atoms with Crippen molar-refractivity contribution in [1.29, 1.82) is 0 Å². The van der Waals surface area contributed by atoms with Gasteiger partial charge in [0, 0.05) is 41.6 Å². The number of hydrogen-bond donors (Lipinski definition) is 2. The third-order valence-corrected chi connectivity index (χ3v) is 8.25. The van der Waals surface area contributed by atoms with Crippen LogP contribution in [0.3, 0.4) is 0 Å². The molecule has 0 aromatic heterocycles. The Hall–Kier alpha value is -3.56. The summed E-state index contributed by atoms with van der Waals surface area (Å²) in [4.78, 5) is 12.4. The largest absolute Gasteiger partial charge is 0.416 e. The molecule has 0 bridgehead atoms. The Kier molecular flexibility index (Phi) is 12.7. The van der Waals surface area contributed by atoms with Gasteiger partial charge in [-0.1, -0.05) is 62.1 Å². The fraction of sp³-hybridized carbons (Fsp3) is 0.324. The molecule has 2 aromatic carbocycles. The predicted octanol–water partition coefficient (Wildman–Crippen LogP) is 7.64. The number of halogens is 4. The molecular weight excluding hydrogens is 609 g/mol. The van der Waals surface area contributed by atoms with E-state index in [1.54, 1.807) is 24.3 Å². The third-order valence-electron chi connectivity index (χ3n) is 7.13. The number of carbonyl (C=O) groups excluding carboxylic acids is 1. The number of nitrogens with one attached hydrogen (secondary N) is 2. The number of rotatable bonds is 14. The lowest BCUT2D eigenvalue weighted by atomic mass is 9.88. The molecule has 0 saturated heterocycles. The fourth-order valence-electron chi connectivity index (χ4n) is 4.80. The van der Waals surface area contributed by atoms with Gasteiger partial charge in [0.1, 0.15) is 9.84 Å². The van der Waals surface area contributed by atoms with E-state index in [4.69, 9.17) is 11.6 Å². The first-order valence-corrected chi connectivity index (χ1v) is 16.9. The molecule has 1 aliphatic carbocycles. The molecule has 1 aliphatic rings. The summed E-state index contributed by atoms with van der Waals surface area (Å²) in [5.41, 5.74) is 5.10. The molecule has 10 heteroatoms. The minimum absolute atomic E-state index is 0.00770. The quantitative estimate of drug-likeness (QED) is 0.163. The van der Waals surface area contributed by atoms with Gasteiger partial charge in [-0.3, -0.25) is 4.79 Å². The van der Waals surface area contributed by atoms with Crippen LogP contribution in [0.4, 0.5) is 13.2 Å². The van der Waals surface area contributed by atoms with Gasteiger partial charge in [0.05, 0.1) is 11.3 Å². The maximum Gasteiger partial charge on any atom is 0.416 e. The second-order valence-electron chi connectivity index (χ2n) is 10.6. The van der Waals surface area contributed by atoms with Crippen molar-refractivity contribution in [2.24, 2.45) is 0 Å². The van der Waals surface area contributed by atoms with E-state index in [0.717, 1.165) is 54.5 Å². The lowest BCUT2D eigenvalue weighted by Gasteiger charge is -2.25. The number of allylic oxidation sites excluding steroid dienone is 9. The summed E-state index contributed by atoms with van der Waals surface area (Å²) in [5, 5.41) is 6.00. The molecule has 2 N–H and O–H groups in total. The topological polar surface area (TPSA) is 75.3 Å². The molecule has 1 atom stereocenters. The Balaban J connectivity index is 1.81. The zero-order valence-corrected chi connectivity index (χ0v) is 26.5. The SMILES string of the molecule is C=C(NC1=CC=C(C(/C=C\CCl)=C/CC)CC1)C(Cc1ccc(C(=O)NCCS(C)(=O)=O)cc1)c1ccc(C(F)(F)F)cc1. The van der Waals surface area contributed by atoms with Crippen LogP contribution in [0.15, 0.2) is 108 Å². The van der Waals surface area contributed by atoms with Crippen LogP contribution in [0.1, 0.15) is 59.2 Å². The number of sulfone groups is 1. The minimum atomic E-state index is -4.44. The normalized spacial score (nSPS) is 15.0. The smallest absolute Gasteiger partial charge is 0.362 e. The van der Waals surface area contributed by atoms with Crippen LogP contribution in [0.5, 0.6) is 0 Å². The van der Waals surface area contributed by atoms with Crippen molar-refractivity contribution in [2.45, 2.75) is 44.7 Å². The summed E-state index contributed by atoms with van der Waals surface area (Å²) >= 11 is 5.83. The fourth-order valence-corrected chi connectivity index (χ4v) is 5.36. The van der Waals surface area contributed by atoms with Gasteiger partial charge in [0.15, 0.2) is 0 Å². The second-order valence-corrected chi connectivity index (χ2v) is 13.2. The molecule has 1 amide bonds.